The van der Waals surface area contributed by atoms with Crippen molar-refractivity contribution < 1.29 is 19.1 Å². The third-order valence-electron chi connectivity index (χ3n) is 3.98. The van der Waals surface area contributed by atoms with E-state index in [2.05, 4.69) is 0 Å². The highest BCUT2D eigenvalue weighted by Gasteiger charge is 2.26. The Morgan fingerprint density at radius 1 is 1.13 bits per heavy atom. The molecule has 1 aliphatic rings. The maximum atomic E-state index is 12.3. The molecule has 1 aliphatic heterocycles. The van der Waals surface area contributed by atoms with E-state index >= 15 is 0 Å². The molecular weight excluding hydrogens is 294 g/mol. The molecule has 0 aliphatic carbocycles. The Morgan fingerprint density at radius 3 is 2.17 bits per heavy atom. The molecule has 0 bridgehead atoms. The number of rotatable bonds is 3. The highest BCUT2D eigenvalue weighted by molar-refractivity contribution is 5.94. The van der Waals surface area contributed by atoms with Crippen LogP contribution < -0.4 is 0 Å². The van der Waals surface area contributed by atoms with Gasteiger partial charge in [0.1, 0.15) is 0 Å². The summed E-state index contributed by atoms with van der Waals surface area (Å²) in [5.74, 6) is -0.620. The van der Waals surface area contributed by atoms with Crippen LogP contribution >= 0.6 is 0 Å². The largest absolute Gasteiger partial charge is 0.452 e. The van der Waals surface area contributed by atoms with Gasteiger partial charge in [0.05, 0.1) is 17.8 Å². The molecular formula is C18H25NO4. The summed E-state index contributed by atoms with van der Waals surface area (Å²) in [6, 6.07) is 3.88. The van der Waals surface area contributed by atoms with Gasteiger partial charge in [0.2, 0.25) is 0 Å². The van der Waals surface area contributed by atoms with E-state index in [1.807, 2.05) is 46.8 Å². The van der Waals surface area contributed by atoms with Crippen LogP contribution in [0, 0.1) is 20.8 Å². The van der Waals surface area contributed by atoms with E-state index in [1.54, 1.807) is 4.90 Å². The molecule has 1 aromatic carbocycles. The molecule has 5 nitrogen and oxygen atoms in total. The Labute approximate surface area is 137 Å². The number of hydrogen-bond donors (Lipinski definition) is 0. The van der Waals surface area contributed by atoms with E-state index in [4.69, 9.17) is 9.47 Å². The Kier molecular flexibility index (Phi) is 5.42. The van der Waals surface area contributed by atoms with E-state index in [9.17, 15) is 9.59 Å². The summed E-state index contributed by atoms with van der Waals surface area (Å²) in [6.07, 6.45) is -0.0000204. The van der Waals surface area contributed by atoms with Gasteiger partial charge < -0.3 is 14.4 Å². The predicted molar refractivity (Wildman–Crippen MR) is 87.5 cm³/mol. The number of ether oxygens (including phenoxy) is 2. The number of morpholine rings is 1. The molecule has 1 saturated heterocycles. The Hall–Kier alpha value is -1.88. The highest BCUT2D eigenvalue weighted by Crippen LogP contribution is 2.18. The summed E-state index contributed by atoms with van der Waals surface area (Å²) in [5, 5.41) is 0. The minimum Gasteiger partial charge on any atom is -0.452 e. The third kappa shape index (κ3) is 4.32. The summed E-state index contributed by atoms with van der Waals surface area (Å²) in [5.41, 5.74) is 3.39. The lowest BCUT2D eigenvalue weighted by Crippen LogP contribution is -2.49. The molecule has 0 spiro atoms. The minimum atomic E-state index is -0.442. The second-order valence-electron chi connectivity index (χ2n) is 6.41. The predicted octanol–water partition coefficient (Wildman–Crippen LogP) is 2.40. The summed E-state index contributed by atoms with van der Waals surface area (Å²) in [4.78, 5) is 26.2. The van der Waals surface area contributed by atoms with E-state index in [1.165, 1.54) is 0 Å². The number of aryl methyl sites for hydroxylation is 3. The zero-order chi connectivity index (χ0) is 17.1. The van der Waals surface area contributed by atoms with Crippen molar-refractivity contribution in [3.8, 4) is 0 Å². The van der Waals surface area contributed by atoms with Gasteiger partial charge in [-0.2, -0.15) is 0 Å². The van der Waals surface area contributed by atoms with Crippen molar-refractivity contribution >= 4 is 11.9 Å². The topological polar surface area (TPSA) is 55.8 Å². The quantitative estimate of drug-likeness (QED) is 0.803. The SMILES string of the molecule is Cc1cc(C)c(C(=O)OCC(=O)N2C[C@@H](C)O[C@@H](C)C2)c(C)c1. The fraction of sp³-hybridized carbons (Fsp3) is 0.556. The van der Waals surface area contributed by atoms with Crippen LogP contribution in [0.25, 0.3) is 0 Å². The number of esters is 1. The van der Waals surface area contributed by atoms with Gasteiger partial charge >= 0.3 is 5.97 Å². The molecule has 0 N–H and O–H groups in total. The smallest absolute Gasteiger partial charge is 0.339 e. The summed E-state index contributed by atoms with van der Waals surface area (Å²) < 4.78 is 10.8. The normalized spacial score (nSPS) is 21.2. The van der Waals surface area contributed by atoms with Crippen LogP contribution in [0.2, 0.25) is 0 Å². The zero-order valence-corrected chi connectivity index (χ0v) is 14.5. The van der Waals surface area contributed by atoms with E-state index < -0.39 is 5.97 Å². The minimum absolute atomic E-state index is 0.0000102. The van der Waals surface area contributed by atoms with Gasteiger partial charge in [-0.1, -0.05) is 17.7 Å². The van der Waals surface area contributed by atoms with Gasteiger partial charge in [0.15, 0.2) is 6.61 Å². The first-order valence-electron chi connectivity index (χ1n) is 7.96. The standard InChI is InChI=1S/C18H25NO4/c1-11-6-12(2)17(13(3)7-11)18(21)22-10-16(20)19-8-14(4)23-15(5)9-19/h6-7,14-15H,8-10H2,1-5H3/t14-,15+. The van der Waals surface area contributed by atoms with Crippen LogP contribution in [-0.4, -0.2) is 48.7 Å². The lowest BCUT2D eigenvalue weighted by molar-refractivity contribution is -0.146. The maximum Gasteiger partial charge on any atom is 0.339 e. The van der Waals surface area contributed by atoms with E-state index in [-0.39, 0.29) is 24.7 Å². The molecule has 0 unspecified atom stereocenters. The van der Waals surface area contributed by atoms with Crippen molar-refractivity contribution in [1.82, 2.24) is 4.90 Å². The van der Waals surface area contributed by atoms with E-state index in [0.717, 1.165) is 16.7 Å². The number of nitrogens with zero attached hydrogens (tertiary/aromatic N) is 1. The van der Waals surface area contributed by atoms with Crippen molar-refractivity contribution in [2.45, 2.75) is 46.8 Å². The van der Waals surface area contributed by atoms with Crippen molar-refractivity contribution in [2.24, 2.45) is 0 Å². The molecule has 2 rings (SSSR count). The summed E-state index contributed by atoms with van der Waals surface area (Å²) in [6.45, 7) is 10.4. The van der Waals surface area contributed by atoms with Crippen LogP contribution in [0.1, 0.15) is 40.9 Å². The van der Waals surface area contributed by atoms with E-state index in [0.29, 0.717) is 18.7 Å². The Morgan fingerprint density at radius 2 is 1.65 bits per heavy atom. The summed E-state index contributed by atoms with van der Waals surface area (Å²) in [7, 11) is 0. The molecule has 23 heavy (non-hydrogen) atoms. The molecule has 0 radical (unpaired) electrons. The average molecular weight is 319 g/mol. The van der Waals surface area contributed by atoms with Crippen molar-refractivity contribution in [3.63, 3.8) is 0 Å². The first-order valence-corrected chi connectivity index (χ1v) is 7.96. The highest BCUT2D eigenvalue weighted by atomic mass is 16.5. The molecule has 1 heterocycles. The van der Waals surface area contributed by atoms with Gasteiger partial charge in [-0.25, -0.2) is 4.79 Å². The number of benzene rings is 1. The van der Waals surface area contributed by atoms with Crippen molar-refractivity contribution in [1.29, 1.82) is 0 Å². The number of hydrogen-bond acceptors (Lipinski definition) is 4. The molecule has 2 atom stereocenters. The van der Waals surface area contributed by atoms with Crippen LogP contribution in [0.4, 0.5) is 0 Å². The summed E-state index contributed by atoms with van der Waals surface area (Å²) >= 11 is 0. The fourth-order valence-corrected chi connectivity index (χ4v) is 3.17. The Balaban J connectivity index is 1.98. The van der Waals surface area contributed by atoms with Gasteiger partial charge in [0, 0.05) is 13.1 Å². The van der Waals surface area contributed by atoms with Crippen LogP contribution in [0.3, 0.4) is 0 Å². The fourth-order valence-electron chi connectivity index (χ4n) is 3.17. The second-order valence-corrected chi connectivity index (χ2v) is 6.41. The first kappa shape index (κ1) is 17.5. The van der Waals surface area contributed by atoms with Crippen LogP contribution in [0.5, 0.6) is 0 Å². The van der Waals surface area contributed by atoms with Gasteiger partial charge in [0.25, 0.3) is 5.91 Å². The van der Waals surface area contributed by atoms with Crippen LogP contribution in [0.15, 0.2) is 12.1 Å². The molecule has 1 fully saturated rings. The lowest BCUT2D eigenvalue weighted by Gasteiger charge is -2.35. The molecule has 0 saturated carbocycles. The third-order valence-corrected chi connectivity index (χ3v) is 3.98. The van der Waals surface area contributed by atoms with Crippen molar-refractivity contribution in [2.75, 3.05) is 19.7 Å². The number of carbonyl (C=O) groups excluding carboxylic acids is 2. The molecule has 126 valence electrons. The maximum absolute atomic E-state index is 12.3. The zero-order valence-electron chi connectivity index (χ0n) is 14.5. The van der Waals surface area contributed by atoms with Gasteiger partial charge in [-0.3, -0.25) is 4.79 Å². The Bertz CT molecular complexity index is 578. The van der Waals surface area contributed by atoms with Gasteiger partial charge in [-0.15, -0.1) is 0 Å². The van der Waals surface area contributed by atoms with Gasteiger partial charge in [-0.05, 0) is 45.7 Å². The molecule has 0 aromatic heterocycles. The monoisotopic (exact) mass is 319 g/mol. The first-order chi connectivity index (χ1) is 10.8. The molecule has 1 aromatic rings. The molecule has 1 amide bonds. The van der Waals surface area contributed by atoms with Crippen molar-refractivity contribution in [3.05, 3.63) is 34.4 Å². The lowest BCUT2D eigenvalue weighted by atomic mass is 10.00. The molecule has 5 heteroatoms. The average Bonchev–Trinajstić information content (AvgIpc) is 2.42. The number of carbonyl (C=O) groups is 2. The second kappa shape index (κ2) is 7.13. The van der Waals surface area contributed by atoms with Crippen LogP contribution in [-0.2, 0) is 14.3 Å². The number of amides is 1.